The number of hydrogen-bond donors (Lipinski definition) is 1. The first kappa shape index (κ1) is 25.2. The molecule has 0 saturated heterocycles. The van der Waals surface area contributed by atoms with Gasteiger partial charge in [0.1, 0.15) is 5.75 Å². The maximum absolute atomic E-state index is 9.05. The van der Waals surface area contributed by atoms with Gasteiger partial charge in [0.05, 0.1) is 0 Å². The number of rotatable bonds is 1. The Bertz CT molecular complexity index is 216. The normalized spacial score (nSPS) is 6.47. The van der Waals surface area contributed by atoms with Gasteiger partial charge in [-0.05, 0) is 18.6 Å². The molecule has 0 aliphatic rings. The van der Waals surface area contributed by atoms with E-state index in [1.54, 1.807) is 26.2 Å². The molecule has 0 unspecified atom stereocenters. The van der Waals surface area contributed by atoms with Crippen LogP contribution in [0.4, 0.5) is 0 Å². The van der Waals surface area contributed by atoms with Crippen LogP contribution in [0.2, 0.25) is 0 Å². The number of aromatic hydroxyl groups is 1. The van der Waals surface area contributed by atoms with E-state index in [0.717, 1.165) is 5.56 Å². The first-order valence-electron chi connectivity index (χ1n) is 5.52. The van der Waals surface area contributed by atoms with Gasteiger partial charge in [-0.3, -0.25) is 6.29 Å². The van der Waals surface area contributed by atoms with Crippen LogP contribution >= 0.6 is 0 Å². The first-order valence-corrected chi connectivity index (χ1v) is 5.52. The fourth-order valence-electron chi connectivity index (χ4n) is 0.563. The summed E-state index contributed by atoms with van der Waals surface area (Å²) >= 11 is 0. The van der Waals surface area contributed by atoms with E-state index in [0.29, 0.717) is 12.2 Å². The largest absolute Gasteiger partial charge is 2.00 e. The molecule has 0 atom stereocenters. The Morgan fingerprint density at radius 1 is 1.24 bits per heavy atom. The predicted molar refractivity (Wildman–Crippen MR) is 71.2 cm³/mol. The summed E-state index contributed by atoms with van der Waals surface area (Å²) in [6, 6.07) is 7.25. The predicted octanol–water partition coefficient (Wildman–Crippen LogP) is 4.07. The van der Waals surface area contributed by atoms with Gasteiger partial charge in [-0.1, -0.05) is 39.0 Å². The van der Waals surface area contributed by atoms with Crippen LogP contribution in [0.5, 0.6) is 5.75 Å². The summed E-state index contributed by atoms with van der Waals surface area (Å²) in [7, 11) is 0. The Labute approximate surface area is 118 Å². The quantitative estimate of drug-likeness (QED) is 0.784. The summed E-state index contributed by atoms with van der Waals surface area (Å²) in [5.74, 6) is 0.368. The second-order valence-corrected chi connectivity index (χ2v) is 2.28. The van der Waals surface area contributed by atoms with Crippen LogP contribution in [0.3, 0.4) is 0 Å². The van der Waals surface area contributed by atoms with E-state index in [9.17, 15) is 0 Å². The number of aryl methyl sites for hydroxylation is 1. The molecule has 0 heterocycles. The van der Waals surface area contributed by atoms with Crippen LogP contribution in [0.1, 0.15) is 39.7 Å². The van der Waals surface area contributed by atoms with Crippen molar-refractivity contribution in [2.45, 2.75) is 41.0 Å². The maximum Gasteiger partial charge on any atom is 2.00 e. The fraction of sp³-hybridized carbons (Fsp3) is 0.429. The molecule has 0 saturated carbocycles. The van der Waals surface area contributed by atoms with Crippen molar-refractivity contribution in [2.75, 3.05) is 0 Å². The monoisotopic (exact) mass is 275 g/mol. The summed E-state index contributed by atoms with van der Waals surface area (Å²) in [5, 5.41) is 8.92. The van der Waals surface area contributed by atoms with Crippen molar-refractivity contribution in [1.29, 1.82) is 0 Å². The van der Waals surface area contributed by atoms with Crippen LogP contribution in [0.15, 0.2) is 24.3 Å². The Balaban J connectivity index is -0.0000000814. The molecule has 1 aromatic rings. The minimum Gasteiger partial charge on any atom is -0.542 e. The molecular weight excluding hydrogens is 251 g/mol. The second-order valence-electron chi connectivity index (χ2n) is 2.28. The molecule has 1 N–H and O–H groups in total. The van der Waals surface area contributed by atoms with Crippen molar-refractivity contribution >= 4 is 6.29 Å². The zero-order valence-electron chi connectivity index (χ0n) is 11.5. The molecule has 0 amide bonds. The minimum absolute atomic E-state index is 0. The number of phenolic OH excluding ortho intramolecular Hbond substituents is 1. The van der Waals surface area contributed by atoms with Gasteiger partial charge in [-0.25, -0.2) is 0 Å². The maximum atomic E-state index is 9.05. The molecule has 0 aliphatic heterocycles. The number of hydrogen-bond acceptors (Lipinski definition) is 2. The summed E-state index contributed by atoms with van der Waals surface area (Å²) in [5.41, 5.74) is 0.924. The van der Waals surface area contributed by atoms with Gasteiger partial charge in [-0.15, -0.1) is 0 Å². The molecule has 1 aromatic carbocycles. The summed E-state index contributed by atoms with van der Waals surface area (Å²) in [6.07, 6.45) is 2.19. The van der Waals surface area contributed by atoms with Crippen molar-refractivity contribution in [3.63, 3.8) is 0 Å². The van der Waals surface area contributed by atoms with Crippen molar-refractivity contribution < 1.29 is 28.5 Å². The molecule has 1 radical (unpaired) electrons. The van der Waals surface area contributed by atoms with Crippen LogP contribution in [-0.4, -0.2) is 11.4 Å². The summed E-state index contributed by atoms with van der Waals surface area (Å²) < 4.78 is 0. The number of phenols is 1. The topological polar surface area (TPSA) is 37.3 Å². The summed E-state index contributed by atoms with van der Waals surface area (Å²) in [4.78, 5) is 9.05. The van der Waals surface area contributed by atoms with E-state index in [2.05, 4.69) is 6.92 Å². The van der Waals surface area contributed by atoms with Crippen molar-refractivity contribution in [2.24, 2.45) is 0 Å². The Hall–Kier alpha value is -0.726. The Morgan fingerprint density at radius 3 is 1.76 bits per heavy atom. The SMILES string of the molecule is CC.CC[C-]=O.Cc1ccccc1O.[CH2-]C.[V+2]. The van der Waals surface area contributed by atoms with E-state index >= 15 is 0 Å². The third-order valence-corrected chi connectivity index (χ3v) is 1.26. The van der Waals surface area contributed by atoms with Gasteiger partial charge in [0, 0.05) is 0 Å². The second kappa shape index (κ2) is 24.5. The molecule has 2 nitrogen and oxygen atoms in total. The van der Waals surface area contributed by atoms with E-state index in [1.165, 1.54) is 0 Å². The van der Waals surface area contributed by atoms with Crippen LogP contribution in [0, 0.1) is 13.8 Å². The standard InChI is InChI=1S/C7H8O.C3H5O.C2H6.C2H5.V/c1-6-4-2-3-5-7(6)8;1-2-3-4;2*1-2;/h2-5,8H,1H3;2H2,1H3;1-2H3;1H2,2H3;/q;-1;;-1;+2. The Morgan fingerprint density at radius 2 is 1.59 bits per heavy atom. The first-order chi connectivity index (χ1) is 7.72. The average Bonchev–Trinajstić information content (AvgIpc) is 2.38. The van der Waals surface area contributed by atoms with E-state index in [1.807, 2.05) is 39.0 Å². The Kier molecular flexibility index (Phi) is 36.3. The number of benzene rings is 1. The van der Waals surface area contributed by atoms with E-state index < -0.39 is 0 Å². The molecule has 97 valence electrons. The molecule has 0 aliphatic carbocycles. The van der Waals surface area contributed by atoms with E-state index in [4.69, 9.17) is 9.90 Å². The average molecular weight is 275 g/mol. The van der Waals surface area contributed by atoms with Gasteiger partial charge in [0.2, 0.25) is 0 Å². The molecule has 0 spiro atoms. The molecule has 0 bridgehead atoms. The molecule has 0 fully saturated rings. The van der Waals surface area contributed by atoms with Crippen molar-refractivity contribution in [3.05, 3.63) is 36.8 Å². The molecule has 1 rings (SSSR count). The molecule has 3 heteroatoms. The van der Waals surface area contributed by atoms with Gasteiger partial charge < -0.3 is 16.8 Å². The zero-order valence-corrected chi connectivity index (χ0v) is 12.9. The molecular formula is C14H24O2V. The van der Waals surface area contributed by atoms with Gasteiger partial charge in [0.25, 0.3) is 0 Å². The van der Waals surface area contributed by atoms with Gasteiger partial charge in [-0.2, -0.15) is 13.3 Å². The molecule has 17 heavy (non-hydrogen) atoms. The van der Waals surface area contributed by atoms with Crippen molar-refractivity contribution in [3.8, 4) is 5.75 Å². The molecule has 0 aromatic heterocycles. The van der Waals surface area contributed by atoms with Crippen molar-refractivity contribution in [1.82, 2.24) is 0 Å². The van der Waals surface area contributed by atoms with Crippen LogP contribution < -0.4 is 0 Å². The van der Waals surface area contributed by atoms with E-state index in [-0.39, 0.29) is 18.6 Å². The van der Waals surface area contributed by atoms with Crippen LogP contribution in [-0.2, 0) is 23.4 Å². The minimum atomic E-state index is 0. The third kappa shape index (κ3) is 21.2. The fourth-order valence-corrected chi connectivity index (χ4v) is 0.563. The summed E-state index contributed by atoms with van der Waals surface area (Å²) in [6.45, 7) is 12.6. The van der Waals surface area contributed by atoms with Gasteiger partial charge >= 0.3 is 18.6 Å². The number of carbonyl (C=O) groups excluding carboxylic acids is 1. The third-order valence-electron chi connectivity index (χ3n) is 1.26. The number of para-hydroxylation sites is 1. The smallest absolute Gasteiger partial charge is 0.542 e. The van der Waals surface area contributed by atoms with Gasteiger partial charge in [0.15, 0.2) is 0 Å². The zero-order chi connectivity index (χ0) is 13.4. The van der Waals surface area contributed by atoms with Crippen LogP contribution in [0.25, 0.3) is 0 Å².